The molecule has 14 heteroatoms. The van der Waals surface area contributed by atoms with E-state index in [4.69, 9.17) is 33.7 Å². The van der Waals surface area contributed by atoms with Crippen LogP contribution < -0.4 is 18.9 Å². The van der Waals surface area contributed by atoms with Crippen LogP contribution in [-0.4, -0.2) is 82.2 Å². The number of ether oxygens (including phenoxy) is 5. The number of non-ortho nitro benzene ring substituents is 1. The molecule has 2 heterocycles. The van der Waals surface area contributed by atoms with Gasteiger partial charge in [-0.1, -0.05) is 43.1 Å². The van der Waals surface area contributed by atoms with E-state index in [2.05, 4.69) is 12.7 Å². The van der Waals surface area contributed by atoms with Crippen molar-refractivity contribution in [3.63, 3.8) is 0 Å². The van der Waals surface area contributed by atoms with Gasteiger partial charge in [-0.2, -0.15) is 0 Å². The molecule has 4 aliphatic rings. The predicted molar refractivity (Wildman–Crippen MR) is 233 cm³/mol. The summed E-state index contributed by atoms with van der Waals surface area (Å²) < 4.78 is 32.1. The molecule has 62 heavy (non-hydrogen) atoms. The van der Waals surface area contributed by atoms with E-state index in [0.717, 1.165) is 36.8 Å². The summed E-state index contributed by atoms with van der Waals surface area (Å²) in [5, 5.41) is 36.5. The van der Waals surface area contributed by atoms with Gasteiger partial charge in [0.25, 0.3) is 11.6 Å². The number of rotatable bonds is 19. The van der Waals surface area contributed by atoms with Crippen LogP contribution in [0.4, 0.5) is 5.69 Å². The molecule has 3 aromatic carbocycles. The summed E-state index contributed by atoms with van der Waals surface area (Å²) in [6.07, 6.45) is 9.24. The predicted octanol–water partition coefficient (Wildman–Crippen LogP) is 9.10. The second-order valence-corrected chi connectivity index (χ2v) is 17.4. The van der Waals surface area contributed by atoms with Gasteiger partial charge in [-0.25, -0.2) is 0 Å². The molecule has 6 atom stereocenters. The van der Waals surface area contributed by atoms with Crippen LogP contribution in [0.5, 0.6) is 28.7 Å². The Labute approximate surface area is 363 Å². The van der Waals surface area contributed by atoms with E-state index in [-0.39, 0.29) is 62.4 Å². The lowest BCUT2D eigenvalue weighted by molar-refractivity contribution is -0.384. The largest absolute Gasteiger partial charge is 0.459 e. The maximum absolute atomic E-state index is 15.1. The number of amides is 1. The SMILES string of the molecule is C=CCO[C@@]12Oc3ccc(Oc4cccc([N+](=O)[O-])c4)cc3[C@H]3[C@H](CCCCO)[C@@H](CCCCO)C=C(C(=NOC(C)(C)C)C[C@@H]1N(CCC)C(=O)c1ccc4c(c1)OCO4)[C@H]32. The van der Waals surface area contributed by atoms with Crippen LogP contribution in [0.3, 0.4) is 0 Å². The number of oxime groups is 1. The molecular weight excluding hydrogens is 795 g/mol. The van der Waals surface area contributed by atoms with Crippen molar-refractivity contribution in [3.8, 4) is 28.7 Å². The lowest BCUT2D eigenvalue weighted by atomic mass is 9.55. The van der Waals surface area contributed by atoms with Gasteiger partial charge < -0.3 is 43.6 Å². The maximum atomic E-state index is 15.1. The monoisotopic (exact) mass is 853 g/mol. The van der Waals surface area contributed by atoms with Gasteiger partial charge in [0.05, 0.1) is 29.2 Å². The Balaban J connectivity index is 1.45. The highest BCUT2D eigenvalue weighted by molar-refractivity contribution is 6.03. The van der Waals surface area contributed by atoms with Gasteiger partial charge in [-0.15, -0.1) is 6.58 Å². The van der Waals surface area contributed by atoms with Gasteiger partial charge in [0, 0.05) is 49.3 Å². The first-order valence-electron chi connectivity index (χ1n) is 21.8. The van der Waals surface area contributed by atoms with Gasteiger partial charge in [-0.3, -0.25) is 14.9 Å². The topological polar surface area (TPSA) is 172 Å². The quantitative estimate of drug-likeness (QED) is 0.0510. The first kappa shape index (κ1) is 44.6. The van der Waals surface area contributed by atoms with E-state index in [1.54, 1.807) is 42.5 Å². The highest BCUT2D eigenvalue weighted by Gasteiger charge is 2.65. The lowest BCUT2D eigenvalue weighted by Gasteiger charge is -2.60. The van der Waals surface area contributed by atoms with Crippen molar-refractivity contribution in [1.29, 1.82) is 0 Å². The number of allylic oxidation sites excluding steroid dienone is 1. The Morgan fingerprint density at radius 2 is 1.74 bits per heavy atom. The van der Waals surface area contributed by atoms with E-state index in [1.807, 2.05) is 44.7 Å². The third-order valence-corrected chi connectivity index (χ3v) is 12.1. The summed E-state index contributed by atoms with van der Waals surface area (Å²) >= 11 is 0. The second kappa shape index (κ2) is 19.3. The van der Waals surface area contributed by atoms with Crippen LogP contribution in [0.15, 0.2) is 90.1 Å². The Bertz CT molecular complexity index is 2170. The number of hydrogen-bond acceptors (Lipinski definition) is 12. The molecule has 0 aromatic heterocycles. The fourth-order valence-corrected chi connectivity index (χ4v) is 9.54. The average molecular weight is 854 g/mol. The van der Waals surface area contributed by atoms with Crippen LogP contribution >= 0.6 is 0 Å². The number of hydrogen-bond donors (Lipinski definition) is 2. The van der Waals surface area contributed by atoms with Crippen molar-refractivity contribution in [2.24, 2.45) is 22.9 Å². The average Bonchev–Trinajstić information content (AvgIpc) is 3.73. The van der Waals surface area contributed by atoms with Crippen molar-refractivity contribution in [3.05, 3.63) is 106 Å². The zero-order valence-corrected chi connectivity index (χ0v) is 36.1. The van der Waals surface area contributed by atoms with E-state index in [0.29, 0.717) is 65.8 Å². The number of unbranched alkanes of at least 4 members (excludes halogenated alkanes) is 2. The number of nitrogens with zero attached hydrogens (tertiary/aromatic N) is 3. The molecule has 332 valence electrons. The minimum atomic E-state index is -1.45. The molecular formula is C48H59N3O11. The number of benzene rings is 3. The minimum Gasteiger partial charge on any atom is -0.459 e. The van der Waals surface area contributed by atoms with E-state index < -0.39 is 28.3 Å². The standard InChI is InChI=1S/C48H59N3O11/c1-6-21-50(46(54)32-17-19-41-42(26-32)58-30-57-41)43-29-39(49-62-47(3,4)5)37-25-31(13-8-10-22-52)36(16-9-11-23-53)44-38-28-35(60-34-15-12-14-33(27-34)51(55)56)18-20-40(38)61-48(43,45(37)44)59-24-7-2/h7,12,14-15,17-20,25-28,31,36,43-45,52-53H,2,6,8-11,13,16,21-24,29-30H2,1,3-5H3/t31-,36+,43-,44+,45+,48+/m0/s1. The summed E-state index contributed by atoms with van der Waals surface area (Å²) in [6.45, 7) is 12.6. The fraction of sp³-hybridized carbons (Fsp3) is 0.500. The smallest absolute Gasteiger partial charge is 0.273 e. The second-order valence-electron chi connectivity index (χ2n) is 17.4. The lowest BCUT2D eigenvalue weighted by Crippen LogP contribution is -2.70. The molecule has 0 bridgehead atoms. The molecule has 7 rings (SSSR count). The maximum Gasteiger partial charge on any atom is 0.273 e. The molecule has 0 spiro atoms. The Hall–Kier alpha value is -5.44. The molecule has 1 fully saturated rings. The van der Waals surface area contributed by atoms with Crippen LogP contribution in [0.25, 0.3) is 0 Å². The van der Waals surface area contributed by atoms with E-state index in [9.17, 15) is 20.3 Å². The zero-order chi connectivity index (χ0) is 44.0. The summed E-state index contributed by atoms with van der Waals surface area (Å²) in [5.41, 5.74) is 2.18. The summed E-state index contributed by atoms with van der Waals surface area (Å²) in [7, 11) is 0. The number of carbonyl (C=O) groups excluding carboxylic acids is 1. The molecule has 0 saturated heterocycles. The van der Waals surface area contributed by atoms with E-state index >= 15 is 4.79 Å². The molecule has 2 aliphatic carbocycles. The van der Waals surface area contributed by atoms with Gasteiger partial charge in [0.15, 0.2) is 11.5 Å². The summed E-state index contributed by atoms with van der Waals surface area (Å²) in [6, 6.07) is 16.2. The van der Waals surface area contributed by atoms with Crippen molar-refractivity contribution >= 4 is 17.3 Å². The number of nitro groups is 1. The summed E-state index contributed by atoms with van der Waals surface area (Å²) in [5.74, 6) is -0.0691. The molecule has 0 unspecified atom stereocenters. The zero-order valence-electron chi connectivity index (χ0n) is 36.1. The minimum absolute atomic E-state index is 0.0101. The van der Waals surface area contributed by atoms with Gasteiger partial charge in [0.2, 0.25) is 12.6 Å². The highest BCUT2D eigenvalue weighted by Crippen LogP contribution is 2.62. The molecule has 3 aromatic rings. The molecule has 1 amide bonds. The Kier molecular flexibility index (Phi) is 13.9. The third kappa shape index (κ3) is 9.32. The number of aliphatic hydroxyl groups is 2. The van der Waals surface area contributed by atoms with Crippen molar-refractivity contribution in [2.75, 3.05) is 33.2 Å². The van der Waals surface area contributed by atoms with Crippen LogP contribution in [0, 0.1) is 27.9 Å². The number of carbonyl (C=O) groups is 1. The van der Waals surface area contributed by atoms with Crippen molar-refractivity contribution in [1.82, 2.24) is 4.90 Å². The fourth-order valence-electron chi connectivity index (χ4n) is 9.54. The third-order valence-electron chi connectivity index (χ3n) is 12.1. The molecule has 14 nitrogen and oxygen atoms in total. The van der Waals surface area contributed by atoms with Gasteiger partial charge in [-0.05, 0) is 113 Å². The van der Waals surface area contributed by atoms with E-state index in [1.165, 1.54) is 12.1 Å². The van der Waals surface area contributed by atoms with Crippen molar-refractivity contribution in [2.45, 2.75) is 102 Å². The Morgan fingerprint density at radius 1 is 1.00 bits per heavy atom. The molecule has 0 radical (unpaired) electrons. The number of aliphatic hydroxyl groups excluding tert-OH is 2. The first-order chi connectivity index (χ1) is 29.9. The van der Waals surface area contributed by atoms with Crippen LogP contribution in [0.1, 0.15) is 101 Å². The first-order valence-corrected chi connectivity index (χ1v) is 21.8. The summed E-state index contributed by atoms with van der Waals surface area (Å²) in [4.78, 5) is 34.4. The van der Waals surface area contributed by atoms with Crippen LogP contribution in [-0.2, 0) is 9.57 Å². The van der Waals surface area contributed by atoms with Gasteiger partial charge >= 0.3 is 0 Å². The number of nitro benzene ring substituents is 1. The van der Waals surface area contributed by atoms with Crippen molar-refractivity contribution < 1.29 is 48.5 Å². The molecule has 2 N–H and O–H groups in total. The van der Waals surface area contributed by atoms with Crippen LogP contribution in [0.2, 0.25) is 0 Å². The number of fused-ring (bicyclic) bond motifs is 3. The molecule has 2 aliphatic heterocycles. The molecule has 1 saturated carbocycles. The van der Waals surface area contributed by atoms with Gasteiger partial charge in [0.1, 0.15) is 28.9 Å². The normalized spacial score (nSPS) is 24.0. The highest BCUT2D eigenvalue weighted by atomic mass is 16.7. The Morgan fingerprint density at radius 3 is 2.47 bits per heavy atom.